The van der Waals surface area contributed by atoms with Gasteiger partial charge in [-0.3, -0.25) is 4.72 Å². The van der Waals surface area contributed by atoms with Gasteiger partial charge >= 0.3 is 0 Å². The molecule has 0 atom stereocenters. The Labute approximate surface area is 118 Å². The smallest absolute Gasteiger partial charge is 0.267 e. The van der Waals surface area contributed by atoms with E-state index in [1.54, 1.807) is 6.92 Å². The van der Waals surface area contributed by atoms with Crippen molar-refractivity contribution in [1.82, 2.24) is 0 Å². The Morgan fingerprint density at radius 1 is 1.05 bits per heavy atom. The molecule has 2 N–H and O–H groups in total. The Morgan fingerprint density at radius 3 is 2.14 bits per heavy atom. The number of nitrogens with one attached hydrogen (secondary N) is 1. The van der Waals surface area contributed by atoms with Gasteiger partial charge < -0.3 is 5.11 Å². The zero-order valence-corrected chi connectivity index (χ0v) is 11.5. The van der Waals surface area contributed by atoms with Gasteiger partial charge in [0.05, 0.1) is 5.69 Å². The lowest BCUT2D eigenvalue weighted by Crippen LogP contribution is -2.16. The molecule has 0 amide bonds. The number of halogens is 3. The van der Waals surface area contributed by atoms with Gasteiger partial charge in [0.25, 0.3) is 10.0 Å². The maximum atomic E-state index is 13.5. The normalized spacial score (nSPS) is 11.4. The number of benzene rings is 2. The van der Waals surface area contributed by atoms with Crippen LogP contribution in [0.3, 0.4) is 0 Å². The second-order valence-electron chi connectivity index (χ2n) is 4.31. The summed E-state index contributed by atoms with van der Waals surface area (Å²) in [5.41, 5.74) is 0.415. The Balaban J connectivity index is 2.46. The van der Waals surface area contributed by atoms with Gasteiger partial charge in [0.2, 0.25) is 0 Å². The van der Waals surface area contributed by atoms with Crippen LogP contribution < -0.4 is 4.72 Å². The van der Waals surface area contributed by atoms with Crippen molar-refractivity contribution in [3.8, 4) is 5.75 Å². The molecule has 0 aromatic heterocycles. The fourth-order valence-corrected chi connectivity index (χ4v) is 2.84. The molecule has 0 aliphatic rings. The van der Waals surface area contributed by atoms with Crippen LogP contribution in [0.1, 0.15) is 5.56 Å². The van der Waals surface area contributed by atoms with Crippen molar-refractivity contribution in [2.75, 3.05) is 4.72 Å². The summed E-state index contributed by atoms with van der Waals surface area (Å²) in [5, 5.41) is 9.48. The lowest BCUT2D eigenvalue weighted by molar-refractivity contribution is 0.471. The topological polar surface area (TPSA) is 66.4 Å². The van der Waals surface area contributed by atoms with E-state index in [2.05, 4.69) is 0 Å². The minimum absolute atomic E-state index is 0.0822. The number of phenols is 1. The average molecular weight is 317 g/mol. The minimum atomic E-state index is -4.60. The predicted octanol–water partition coefficient (Wildman–Crippen LogP) is 2.92. The van der Waals surface area contributed by atoms with E-state index in [9.17, 15) is 26.7 Å². The molecule has 0 spiro atoms. The van der Waals surface area contributed by atoms with E-state index in [-0.39, 0.29) is 23.6 Å². The number of aromatic hydroxyl groups is 1. The molecular weight excluding hydrogens is 307 g/mol. The molecule has 21 heavy (non-hydrogen) atoms. The average Bonchev–Trinajstić information content (AvgIpc) is 2.31. The maximum Gasteiger partial charge on any atom is 0.267 e. The number of hydrogen-bond donors (Lipinski definition) is 2. The highest BCUT2D eigenvalue weighted by atomic mass is 32.2. The summed E-state index contributed by atoms with van der Waals surface area (Å²) in [6, 6.07) is 4.36. The molecule has 4 nitrogen and oxygen atoms in total. The number of aryl methyl sites for hydroxylation is 1. The highest BCUT2D eigenvalue weighted by molar-refractivity contribution is 7.92. The van der Waals surface area contributed by atoms with Gasteiger partial charge in [-0.2, -0.15) is 0 Å². The first-order chi connectivity index (χ1) is 9.70. The zero-order valence-electron chi connectivity index (χ0n) is 10.7. The third kappa shape index (κ3) is 3.10. The molecule has 2 aromatic carbocycles. The second kappa shape index (κ2) is 5.28. The molecule has 8 heteroatoms. The Hall–Kier alpha value is -2.22. The number of hydrogen-bond acceptors (Lipinski definition) is 3. The number of rotatable bonds is 3. The van der Waals surface area contributed by atoms with Crippen molar-refractivity contribution in [2.24, 2.45) is 0 Å². The molecule has 112 valence electrons. The molecule has 0 fully saturated rings. The molecule has 0 aliphatic carbocycles. The quantitative estimate of drug-likeness (QED) is 0.915. The molecule has 2 rings (SSSR count). The largest absolute Gasteiger partial charge is 0.508 e. The summed E-state index contributed by atoms with van der Waals surface area (Å²) in [6.07, 6.45) is 0. The van der Waals surface area contributed by atoms with Crippen molar-refractivity contribution in [3.05, 3.63) is 53.3 Å². The monoisotopic (exact) mass is 317 g/mol. The van der Waals surface area contributed by atoms with E-state index >= 15 is 0 Å². The van der Waals surface area contributed by atoms with E-state index in [1.165, 1.54) is 12.1 Å². The highest BCUT2D eigenvalue weighted by Gasteiger charge is 2.25. The maximum absolute atomic E-state index is 13.5. The van der Waals surface area contributed by atoms with Gasteiger partial charge in [0.15, 0.2) is 4.90 Å². The lowest BCUT2D eigenvalue weighted by Gasteiger charge is -2.10. The van der Waals surface area contributed by atoms with Crippen LogP contribution >= 0.6 is 0 Å². The van der Waals surface area contributed by atoms with Crippen LogP contribution in [0.15, 0.2) is 35.2 Å². The SMILES string of the molecule is Cc1ccc(NS(=O)(=O)c2c(F)cc(F)cc2F)cc1O. The van der Waals surface area contributed by atoms with Crippen LogP contribution in [-0.2, 0) is 10.0 Å². The molecule has 0 heterocycles. The number of sulfonamides is 1. The first-order valence-electron chi connectivity index (χ1n) is 5.67. The van der Waals surface area contributed by atoms with E-state index in [1.807, 2.05) is 4.72 Å². The van der Waals surface area contributed by atoms with E-state index in [0.717, 1.165) is 6.07 Å². The molecule has 0 saturated carbocycles. The van der Waals surface area contributed by atoms with Crippen LogP contribution in [0.2, 0.25) is 0 Å². The van der Waals surface area contributed by atoms with Crippen molar-refractivity contribution in [1.29, 1.82) is 0 Å². The Bertz CT molecular complexity index is 783. The molecule has 0 saturated heterocycles. The summed E-state index contributed by atoms with van der Waals surface area (Å²) in [7, 11) is -4.60. The molecule has 0 unspecified atom stereocenters. The van der Waals surface area contributed by atoms with Crippen molar-refractivity contribution < 1.29 is 26.7 Å². The zero-order chi connectivity index (χ0) is 15.8. The fraction of sp³-hybridized carbons (Fsp3) is 0.0769. The fourth-order valence-electron chi connectivity index (χ4n) is 1.66. The molecule has 2 aromatic rings. The molecule has 0 bridgehead atoms. The van der Waals surface area contributed by atoms with Gasteiger partial charge in [-0.1, -0.05) is 6.07 Å². The predicted molar refractivity (Wildman–Crippen MR) is 70.0 cm³/mol. The van der Waals surface area contributed by atoms with Crippen LogP contribution in [0.25, 0.3) is 0 Å². The first kappa shape index (κ1) is 15.2. The van der Waals surface area contributed by atoms with Crippen molar-refractivity contribution in [2.45, 2.75) is 11.8 Å². The van der Waals surface area contributed by atoms with E-state index < -0.39 is 32.4 Å². The summed E-state index contributed by atoms with van der Waals surface area (Å²) in [4.78, 5) is -1.29. The van der Waals surface area contributed by atoms with Gasteiger partial charge in [-0.05, 0) is 18.6 Å². The Morgan fingerprint density at radius 2 is 1.62 bits per heavy atom. The molecule has 0 aliphatic heterocycles. The summed E-state index contributed by atoms with van der Waals surface area (Å²) in [6.45, 7) is 1.59. The first-order valence-corrected chi connectivity index (χ1v) is 7.16. The summed E-state index contributed by atoms with van der Waals surface area (Å²) in [5.74, 6) is -4.50. The standard InChI is InChI=1S/C13H10F3NO3S/c1-7-2-3-9(6-12(7)18)17-21(19,20)13-10(15)4-8(14)5-11(13)16/h2-6,17-18H,1H3. The second-order valence-corrected chi connectivity index (χ2v) is 5.92. The van der Waals surface area contributed by atoms with E-state index in [0.29, 0.717) is 5.56 Å². The minimum Gasteiger partial charge on any atom is -0.508 e. The van der Waals surface area contributed by atoms with Crippen LogP contribution in [-0.4, -0.2) is 13.5 Å². The summed E-state index contributed by atoms with van der Waals surface area (Å²) >= 11 is 0. The molecule has 0 radical (unpaired) electrons. The van der Waals surface area contributed by atoms with Crippen molar-refractivity contribution >= 4 is 15.7 Å². The third-order valence-corrected chi connectivity index (χ3v) is 4.13. The van der Waals surface area contributed by atoms with Gasteiger partial charge in [-0.15, -0.1) is 0 Å². The van der Waals surface area contributed by atoms with Crippen LogP contribution in [0, 0.1) is 24.4 Å². The highest BCUT2D eigenvalue weighted by Crippen LogP contribution is 2.26. The van der Waals surface area contributed by atoms with Crippen LogP contribution in [0.5, 0.6) is 5.75 Å². The van der Waals surface area contributed by atoms with Gasteiger partial charge in [0, 0.05) is 18.2 Å². The third-order valence-electron chi connectivity index (χ3n) is 2.69. The number of phenolic OH excluding ortho intramolecular Hbond substituents is 1. The number of anilines is 1. The summed E-state index contributed by atoms with van der Waals surface area (Å²) < 4.78 is 65.6. The van der Waals surface area contributed by atoms with Crippen LogP contribution in [0.4, 0.5) is 18.9 Å². The Kier molecular flexibility index (Phi) is 3.82. The van der Waals surface area contributed by atoms with Gasteiger partial charge in [-0.25, -0.2) is 21.6 Å². The van der Waals surface area contributed by atoms with Crippen molar-refractivity contribution in [3.63, 3.8) is 0 Å². The van der Waals surface area contributed by atoms with E-state index in [4.69, 9.17) is 0 Å². The lowest BCUT2D eigenvalue weighted by atomic mass is 10.2. The molecular formula is C13H10F3NO3S. The van der Waals surface area contributed by atoms with Gasteiger partial charge in [0.1, 0.15) is 23.2 Å².